The molecule has 0 spiro atoms. The van der Waals surface area contributed by atoms with Crippen LogP contribution in [0.25, 0.3) is 0 Å². The number of esters is 1. The quantitative estimate of drug-likeness (QED) is 0.523. The molecule has 1 aromatic heterocycles. The average Bonchev–Trinajstić information content (AvgIpc) is 2.36. The third kappa shape index (κ3) is 1.94. The van der Waals surface area contributed by atoms with E-state index in [9.17, 15) is 4.79 Å². The molecule has 11 heavy (non-hydrogen) atoms. The zero-order valence-electron chi connectivity index (χ0n) is 5.77. The van der Waals surface area contributed by atoms with Gasteiger partial charge in [-0.25, -0.2) is 4.79 Å². The molecular weight excluding hydrogens is 168 g/mol. The highest BCUT2D eigenvalue weighted by molar-refractivity contribution is 7.80. The van der Waals surface area contributed by atoms with Crippen LogP contribution in [0.2, 0.25) is 0 Å². The number of carbonyl (C=O) groups is 1. The normalized spacial score (nSPS) is 9.64. The summed E-state index contributed by atoms with van der Waals surface area (Å²) < 4.78 is 9.24. The van der Waals surface area contributed by atoms with Crippen molar-refractivity contribution >= 4 is 18.6 Å². The first-order valence-corrected chi connectivity index (χ1v) is 3.38. The standard InChI is InChI=1S/C5H6N2O3S/c1-2-9-4(8)3-6-7-5(11)10-3/h2H2,1H3,(H,7,11). The molecule has 1 heterocycles. The monoisotopic (exact) mass is 174 g/mol. The van der Waals surface area contributed by atoms with E-state index in [1.165, 1.54) is 0 Å². The Hall–Kier alpha value is -1.04. The molecule has 0 aliphatic heterocycles. The molecule has 0 aliphatic carbocycles. The first-order chi connectivity index (χ1) is 5.24. The van der Waals surface area contributed by atoms with Crippen molar-refractivity contribution in [1.82, 2.24) is 10.2 Å². The lowest BCUT2D eigenvalue weighted by molar-refractivity contribution is 0.0475. The van der Waals surface area contributed by atoms with E-state index >= 15 is 0 Å². The van der Waals surface area contributed by atoms with E-state index in [2.05, 4.69) is 32.0 Å². The molecule has 0 aliphatic rings. The first-order valence-electron chi connectivity index (χ1n) is 2.93. The van der Waals surface area contributed by atoms with Gasteiger partial charge in [0.25, 0.3) is 5.22 Å². The van der Waals surface area contributed by atoms with Gasteiger partial charge in [-0.1, -0.05) is 17.7 Å². The van der Waals surface area contributed by atoms with Crippen molar-refractivity contribution in [2.24, 2.45) is 0 Å². The van der Waals surface area contributed by atoms with Crippen LogP contribution in [0.3, 0.4) is 0 Å². The molecule has 0 N–H and O–H groups in total. The summed E-state index contributed by atoms with van der Waals surface area (Å²) in [4.78, 5) is 10.8. The Balaban J connectivity index is 2.69. The van der Waals surface area contributed by atoms with E-state index in [0.29, 0.717) is 0 Å². The third-order valence-corrected chi connectivity index (χ3v) is 1.05. The van der Waals surface area contributed by atoms with Crippen LogP contribution < -0.4 is 0 Å². The van der Waals surface area contributed by atoms with Gasteiger partial charge in [0, 0.05) is 0 Å². The molecular formula is C5H6N2O3S. The average molecular weight is 174 g/mol. The van der Waals surface area contributed by atoms with Gasteiger partial charge in [-0.15, -0.1) is 5.10 Å². The number of carbonyl (C=O) groups excluding carboxylic acids is 1. The van der Waals surface area contributed by atoms with E-state index in [4.69, 9.17) is 0 Å². The zero-order chi connectivity index (χ0) is 8.27. The summed E-state index contributed by atoms with van der Waals surface area (Å²) in [5, 5.41) is 6.78. The van der Waals surface area contributed by atoms with E-state index < -0.39 is 5.97 Å². The largest absolute Gasteiger partial charge is 0.459 e. The molecule has 1 rings (SSSR count). The summed E-state index contributed by atoms with van der Waals surface area (Å²) >= 11 is 3.72. The van der Waals surface area contributed by atoms with E-state index in [0.717, 1.165) is 0 Å². The maximum absolute atomic E-state index is 10.8. The Labute approximate surface area is 68.2 Å². The lowest BCUT2D eigenvalue weighted by atomic mass is 10.7. The van der Waals surface area contributed by atoms with Gasteiger partial charge in [0.15, 0.2) is 0 Å². The summed E-state index contributed by atoms with van der Waals surface area (Å²) in [5.41, 5.74) is 0. The molecule has 60 valence electrons. The summed E-state index contributed by atoms with van der Waals surface area (Å²) in [6, 6.07) is 0. The van der Waals surface area contributed by atoms with Crippen LogP contribution in [0, 0.1) is 0 Å². The van der Waals surface area contributed by atoms with Gasteiger partial charge in [-0.05, 0) is 6.92 Å². The fourth-order valence-corrected chi connectivity index (χ4v) is 0.622. The highest BCUT2D eigenvalue weighted by Gasteiger charge is 2.13. The van der Waals surface area contributed by atoms with Crippen LogP contribution in [-0.4, -0.2) is 22.8 Å². The molecule has 0 saturated heterocycles. The van der Waals surface area contributed by atoms with Crippen molar-refractivity contribution in [3.05, 3.63) is 5.89 Å². The van der Waals surface area contributed by atoms with Crippen molar-refractivity contribution < 1.29 is 13.9 Å². The number of rotatable bonds is 2. The van der Waals surface area contributed by atoms with Crippen LogP contribution in [0.5, 0.6) is 0 Å². The number of aromatic nitrogens is 2. The number of thiol groups is 1. The van der Waals surface area contributed by atoms with Gasteiger partial charge in [-0.2, -0.15) is 0 Å². The van der Waals surface area contributed by atoms with Crippen LogP contribution in [0.1, 0.15) is 17.6 Å². The Kier molecular flexibility index (Phi) is 2.48. The van der Waals surface area contributed by atoms with E-state index in [1.54, 1.807) is 6.92 Å². The number of nitrogens with zero attached hydrogens (tertiary/aromatic N) is 2. The number of hydrogen-bond acceptors (Lipinski definition) is 6. The topological polar surface area (TPSA) is 65.2 Å². The van der Waals surface area contributed by atoms with Gasteiger partial charge in [-0.3, -0.25) is 0 Å². The van der Waals surface area contributed by atoms with Crippen molar-refractivity contribution in [3.63, 3.8) is 0 Å². The molecule has 5 nitrogen and oxygen atoms in total. The Morgan fingerprint density at radius 3 is 2.91 bits per heavy atom. The van der Waals surface area contributed by atoms with Crippen LogP contribution in [-0.2, 0) is 4.74 Å². The molecule has 0 fully saturated rings. The fourth-order valence-electron chi connectivity index (χ4n) is 0.491. The predicted octanol–water partition coefficient (Wildman–Crippen LogP) is 0.535. The number of hydrogen-bond donors (Lipinski definition) is 1. The van der Waals surface area contributed by atoms with Crippen molar-refractivity contribution in [3.8, 4) is 0 Å². The lowest BCUT2D eigenvalue weighted by Crippen LogP contribution is -2.04. The van der Waals surface area contributed by atoms with E-state index in [-0.39, 0.29) is 17.7 Å². The van der Waals surface area contributed by atoms with Crippen LogP contribution in [0.15, 0.2) is 9.64 Å². The van der Waals surface area contributed by atoms with Crippen LogP contribution >= 0.6 is 12.6 Å². The van der Waals surface area contributed by atoms with Crippen molar-refractivity contribution in [2.75, 3.05) is 6.61 Å². The lowest BCUT2D eigenvalue weighted by Gasteiger charge is -1.93. The second-order valence-corrected chi connectivity index (χ2v) is 1.99. The van der Waals surface area contributed by atoms with Gasteiger partial charge >= 0.3 is 11.9 Å². The summed E-state index contributed by atoms with van der Waals surface area (Å²) in [6.07, 6.45) is 0. The predicted molar refractivity (Wildman–Crippen MR) is 37.5 cm³/mol. The molecule has 0 unspecified atom stereocenters. The van der Waals surface area contributed by atoms with Crippen molar-refractivity contribution in [2.45, 2.75) is 12.1 Å². The molecule has 0 atom stereocenters. The minimum absolute atomic E-state index is 0.0491. The maximum Gasteiger partial charge on any atom is 0.396 e. The minimum Gasteiger partial charge on any atom is -0.459 e. The summed E-state index contributed by atoms with van der Waals surface area (Å²) in [6.45, 7) is 1.97. The Morgan fingerprint density at radius 2 is 2.45 bits per heavy atom. The summed E-state index contributed by atoms with van der Waals surface area (Å²) in [7, 11) is 0. The molecule has 0 saturated carbocycles. The summed E-state index contributed by atoms with van der Waals surface area (Å²) in [5.74, 6) is -0.794. The maximum atomic E-state index is 10.8. The first kappa shape index (κ1) is 8.06. The second-order valence-electron chi connectivity index (χ2n) is 1.61. The molecule has 0 amide bonds. The molecule has 6 heteroatoms. The number of ether oxygens (including phenoxy) is 1. The van der Waals surface area contributed by atoms with Gasteiger partial charge in [0.2, 0.25) is 0 Å². The molecule has 1 aromatic rings. The third-order valence-electron chi connectivity index (χ3n) is 0.864. The SMILES string of the molecule is CCOC(=O)c1nnc(S)o1. The van der Waals surface area contributed by atoms with E-state index in [1.807, 2.05) is 0 Å². The highest BCUT2D eigenvalue weighted by Crippen LogP contribution is 2.04. The minimum atomic E-state index is -0.625. The smallest absolute Gasteiger partial charge is 0.396 e. The highest BCUT2D eigenvalue weighted by atomic mass is 32.1. The van der Waals surface area contributed by atoms with Crippen LogP contribution in [0.4, 0.5) is 0 Å². The second kappa shape index (κ2) is 3.38. The Morgan fingerprint density at radius 1 is 1.73 bits per heavy atom. The molecule has 0 bridgehead atoms. The fraction of sp³-hybridized carbons (Fsp3) is 0.400. The van der Waals surface area contributed by atoms with Gasteiger partial charge in [0.1, 0.15) is 0 Å². The van der Waals surface area contributed by atoms with Crippen molar-refractivity contribution in [1.29, 1.82) is 0 Å². The zero-order valence-corrected chi connectivity index (χ0v) is 6.67. The van der Waals surface area contributed by atoms with Gasteiger partial charge in [0.05, 0.1) is 6.61 Å². The molecule has 0 aromatic carbocycles. The molecule has 0 radical (unpaired) electrons. The van der Waals surface area contributed by atoms with Gasteiger partial charge < -0.3 is 9.15 Å². The Bertz CT molecular complexity index is 260.